The summed E-state index contributed by atoms with van der Waals surface area (Å²) in [5.41, 5.74) is 4.45. The van der Waals surface area contributed by atoms with Gasteiger partial charge in [-0.2, -0.15) is 4.31 Å². The Bertz CT molecular complexity index is 1320. The number of hydrogen-bond donors (Lipinski definition) is 0. The molecule has 0 spiro atoms. The number of nitrogens with zero attached hydrogens (tertiary/aromatic N) is 3. The molecule has 0 N–H and O–H groups in total. The van der Waals surface area contributed by atoms with Crippen molar-refractivity contribution in [3.8, 4) is 11.1 Å². The fourth-order valence-corrected chi connectivity index (χ4v) is 7.16. The topological polar surface area (TPSA) is 43.9 Å². The Kier molecular flexibility index (Phi) is 7.65. The minimum atomic E-state index is -3.76. The molecule has 1 saturated heterocycles. The predicted octanol–water partition coefficient (Wildman–Crippen LogP) is 6.42. The van der Waals surface area contributed by atoms with Gasteiger partial charge in [0, 0.05) is 31.9 Å². The zero-order valence-corrected chi connectivity index (χ0v) is 22.6. The van der Waals surface area contributed by atoms with Crippen LogP contribution in [0.25, 0.3) is 11.1 Å². The van der Waals surface area contributed by atoms with Crippen LogP contribution in [0, 0.1) is 5.82 Å². The van der Waals surface area contributed by atoms with Crippen LogP contribution in [-0.2, 0) is 16.6 Å². The number of rotatable bonds is 7. The van der Waals surface area contributed by atoms with Gasteiger partial charge in [0.1, 0.15) is 10.7 Å². The van der Waals surface area contributed by atoms with E-state index in [0.29, 0.717) is 11.4 Å². The summed E-state index contributed by atoms with van der Waals surface area (Å²) in [6.07, 6.45) is 5.12. The van der Waals surface area contributed by atoms with Crippen molar-refractivity contribution < 1.29 is 12.8 Å². The van der Waals surface area contributed by atoms with E-state index in [1.807, 2.05) is 36.4 Å². The lowest BCUT2D eigenvalue weighted by Crippen LogP contribution is -2.40. The Morgan fingerprint density at radius 3 is 2.35 bits per heavy atom. The second-order valence-corrected chi connectivity index (χ2v) is 12.2. The SMILES string of the molecule is CCCCC1CN(c2ccccc2)c2cc(CN3CCCC3)c(-c3ccc(F)cc3)cc2S(=O)(=O)N1C. The molecule has 0 bridgehead atoms. The molecule has 2 aliphatic rings. The number of para-hydroxylation sites is 1. The molecule has 5 nitrogen and oxygen atoms in total. The van der Waals surface area contributed by atoms with Crippen molar-refractivity contribution in [3.63, 3.8) is 0 Å². The molecule has 7 heteroatoms. The number of fused-ring (bicyclic) bond motifs is 1. The molecule has 1 unspecified atom stereocenters. The Morgan fingerprint density at radius 2 is 1.68 bits per heavy atom. The second kappa shape index (κ2) is 10.9. The minimum Gasteiger partial charge on any atom is -0.339 e. The lowest BCUT2D eigenvalue weighted by atomic mass is 9.97. The van der Waals surface area contributed by atoms with Crippen LogP contribution in [-0.4, -0.2) is 50.3 Å². The number of anilines is 2. The summed E-state index contributed by atoms with van der Waals surface area (Å²) in [4.78, 5) is 4.91. The zero-order valence-electron chi connectivity index (χ0n) is 21.7. The van der Waals surface area contributed by atoms with Crippen LogP contribution in [0.2, 0.25) is 0 Å². The van der Waals surface area contributed by atoms with Gasteiger partial charge in [0.05, 0.1) is 5.69 Å². The van der Waals surface area contributed by atoms with Crippen molar-refractivity contribution in [2.75, 3.05) is 31.6 Å². The lowest BCUT2D eigenvalue weighted by Gasteiger charge is -2.30. The predicted molar refractivity (Wildman–Crippen MR) is 148 cm³/mol. The summed E-state index contributed by atoms with van der Waals surface area (Å²) < 4.78 is 43.6. The number of likely N-dealkylation sites (tertiary alicyclic amines) is 1. The molecular formula is C30H36FN3O2S. The van der Waals surface area contributed by atoms with Crippen LogP contribution in [0.3, 0.4) is 0 Å². The largest absolute Gasteiger partial charge is 0.339 e. The van der Waals surface area contributed by atoms with Gasteiger partial charge in [0.25, 0.3) is 0 Å². The first-order valence-electron chi connectivity index (χ1n) is 13.3. The molecule has 2 aliphatic heterocycles. The average Bonchev–Trinajstić information content (AvgIpc) is 3.40. The third-order valence-electron chi connectivity index (χ3n) is 7.75. The molecule has 2 heterocycles. The standard InChI is InChI=1S/C30H36FN3O2S/c1-3-4-10-27-22-34(26-11-6-5-7-12-26)29-19-24(21-33-17-8-9-18-33)28(23-13-15-25(31)16-14-23)20-30(29)37(35,36)32(27)2/h5-7,11-16,19-20,27H,3-4,8-10,17-18,21-22H2,1-2H3. The molecule has 0 amide bonds. The lowest BCUT2D eigenvalue weighted by molar-refractivity contribution is 0.332. The van der Waals surface area contributed by atoms with E-state index in [-0.39, 0.29) is 11.9 Å². The Balaban J connectivity index is 1.72. The number of sulfonamides is 1. The summed E-state index contributed by atoms with van der Waals surface area (Å²) in [7, 11) is -2.04. The highest BCUT2D eigenvalue weighted by molar-refractivity contribution is 7.89. The third kappa shape index (κ3) is 5.31. The molecule has 0 aromatic heterocycles. The van der Waals surface area contributed by atoms with Gasteiger partial charge in [-0.25, -0.2) is 12.8 Å². The van der Waals surface area contributed by atoms with Crippen molar-refractivity contribution in [1.29, 1.82) is 0 Å². The van der Waals surface area contributed by atoms with E-state index in [4.69, 9.17) is 0 Å². The third-order valence-corrected chi connectivity index (χ3v) is 9.69. The van der Waals surface area contributed by atoms with Gasteiger partial charge in [-0.1, -0.05) is 50.1 Å². The molecule has 0 aliphatic carbocycles. The van der Waals surface area contributed by atoms with Gasteiger partial charge in [0.15, 0.2) is 0 Å². The van der Waals surface area contributed by atoms with Gasteiger partial charge in [-0.05, 0) is 85.4 Å². The maximum atomic E-state index is 14.1. The van der Waals surface area contributed by atoms with Crippen molar-refractivity contribution in [2.45, 2.75) is 56.5 Å². The smallest absolute Gasteiger partial charge is 0.245 e. The van der Waals surface area contributed by atoms with Crippen LogP contribution >= 0.6 is 0 Å². The molecule has 0 saturated carbocycles. The van der Waals surface area contributed by atoms with Crippen molar-refractivity contribution in [3.05, 3.63) is 78.1 Å². The fraction of sp³-hybridized carbons (Fsp3) is 0.400. The summed E-state index contributed by atoms with van der Waals surface area (Å²) >= 11 is 0. The summed E-state index contributed by atoms with van der Waals surface area (Å²) in [6.45, 7) is 5.52. The molecule has 37 heavy (non-hydrogen) atoms. The summed E-state index contributed by atoms with van der Waals surface area (Å²) in [5, 5.41) is 0. The summed E-state index contributed by atoms with van der Waals surface area (Å²) in [6, 6.07) is 20.2. The van der Waals surface area contributed by atoms with Crippen LogP contribution in [0.1, 0.15) is 44.6 Å². The number of unbranched alkanes of at least 4 members (excludes halogenated alkanes) is 1. The van der Waals surface area contributed by atoms with Gasteiger partial charge >= 0.3 is 0 Å². The maximum absolute atomic E-state index is 14.1. The maximum Gasteiger partial charge on any atom is 0.245 e. The minimum absolute atomic E-state index is 0.145. The quantitative estimate of drug-likeness (QED) is 0.360. The highest BCUT2D eigenvalue weighted by atomic mass is 32.2. The molecule has 0 radical (unpaired) electrons. The normalized spacial score (nSPS) is 20.1. The Labute approximate surface area is 220 Å². The fourth-order valence-electron chi connectivity index (χ4n) is 5.58. The molecule has 5 rings (SSSR count). The van der Waals surface area contributed by atoms with Crippen LogP contribution in [0.15, 0.2) is 71.6 Å². The van der Waals surface area contributed by atoms with Crippen molar-refractivity contribution in [1.82, 2.24) is 9.21 Å². The number of benzene rings is 3. The van der Waals surface area contributed by atoms with Gasteiger partial charge < -0.3 is 4.90 Å². The second-order valence-electron chi connectivity index (χ2n) is 10.2. The van der Waals surface area contributed by atoms with E-state index in [1.165, 1.54) is 25.0 Å². The van der Waals surface area contributed by atoms with E-state index in [9.17, 15) is 12.8 Å². The van der Waals surface area contributed by atoms with E-state index in [1.54, 1.807) is 23.5 Å². The van der Waals surface area contributed by atoms with Crippen LogP contribution in [0.4, 0.5) is 15.8 Å². The monoisotopic (exact) mass is 521 g/mol. The highest BCUT2D eigenvalue weighted by Gasteiger charge is 2.37. The van der Waals surface area contributed by atoms with E-state index < -0.39 is 10.0 Å². The first-order valence-corrected chi connectivity index (χ1v) is 14.8. The van der Waals surface area contributed by atoms with E-state index >= 15 is 0 Å². The van der Waals surface area contributed by atoms with Gasteiger partial charge in [-0.3, -0.25) is 4.90 Å². The Hall–Kier alpha value is -2.74. The highest BCUT2D eigenvalue weighted by Crippen LogP contribution is 2.42. The van der Waals surface area contributed by atoms with Gasteiger partial charge in [-0.15, -0.1) is 0 Å². The molecule has 196 valence electrons. The number of hydrogen-bond acceptors (Lipinski definition) is 4. The first kappa shape index (κ1) is 25.9. The number of likely N-dealkylation sites (N-methyl/N-ethyl adjacent to an activating group) is 1. The van der Waals surface area contributed by atoms with Crippen LogP contribution in [0.5, 0.6) is 0 Å². The molecule has 3 aromatic rings. The molecule has 3 aromatic carbocycles. The van der Waals surface area contributed by atoms with Crippen LogP contribution < -0.4 is 4.90 Å². The zero-order chi connectivity index (χ0) is 26.0. The van der Waals surface area contributed by atoms with Gasteiger partial charge in [0.2, 0.25) is 10.0 Å². The number of halogens is 1. The Morgan fingerprint density at radius 1 is 0.973 bits per heavy atom. The molecule has 1 fully saturated rings. The first-order chi connectivity index (χ1) is 17.9. The van der Waals surface area contributed by atoms with E-state index in [2.05, 4.69) is 22.8 Å². The van der Waals surface area contributed by atoms with Crippen molar-refractivity contribution in [2.24, 2.45) is 0 Å². The summed E-state index contributed by atoms with van der Waals surface area (Å²) in [5.74, 6) is -0.305. The molecule has 1 atom stereocenters. The average molecular weight is 522 g/mol. The van der Waals surface area contributed by atoms with E-state index in [0.717, 1.165) is 67.0 Å². The molecular weight excluding hydrogens is 485 g/mol. The van der Waals surface area contributed by atoms with Crippen molar-refractivity contribution >= 4 is 21.4 Å².